The van der Waals surface area contributed by atoms with Crippen LogP contribution in [0.2, 0.25) is 0 Å². The Bertz CT molecular complexity index is 782. The van der Waals surface area contributed by atoms with Gasteiger partial charge in [0.25, 0.3) is 0 Å². The Morgan fingerprint density at radius 2 is 1.24 bits per heavy atom. The predicted octanol–water partition coefficient (Wildman–Crippen LogP) is 4.28. The zero-order valence-corrected chi connectivity index (χ0v) is 11.7. The monoisotopic (exact) mass is 353 g/mol. The molecule has 0 saturated heterocycles. The largest absolute Gasteiger partial charge is 0.202 e. The van der Waals surface area contributed by atoms with Crippen LogP contribution in [-0.4, -0.2) is 0 Å². The topological polar surface area (TPSA) is 23.8 Å². The smallest absolute Gasteiger partial charge is 0.178 e. The molecule has 0 aliphatic rings. The van der Waals surface area contributed by atoms with Crippen LogP contribution in [0.4, 0.5) is 17.6 Å². The van der Waals surface area contributed by atoms with Gasteiger partial charge in [-0.2, -0.15) is 5.26 Å². The van der Waals surface area contributed by atoms with Gasteiger partial charge in [-0.05, 0) is 40.2 Å². The summed E-state index contributed by atoms with van der Waals surface area (Å²) in [7, 11) is 0. The van der Waals surface area contributed by atoms with Crippen molar-refractivity contribution in [1.29, 1.82) is 5.26 Å². The van der Waals surface area contributed by atoms with Crippen molar-refractivity contribution in [2.75, 3.05) is 0 Å². The van der Waals surface area contributed by atoms with E-state index in [1.165, 1.54) is 24.3 Å². The fraction of sp³-hybridized carbons (Fsp3) is 0. The van der Waals surface area contributed by atoms with Crippen LogP contribution >= 0.6 is 15.9 Å². The number of hydrogen-bond acceptors (Lipinski definition) is 1. The van der Waals surface area contributed by atoms with Crippen LogP contribution < -0.4 is 0 Å². The Kier molecular flexibility index (Phi) is 4.30. The normalized spacial score (nSPS) is 9.71. The van der Waals surface area contributed by atoms with Crippen LogP contribution in [0.25, 0.3) is 0 Å². The molecule has 1 nitrogen and oxygen atoms in total. The summed E-state index contributed by atoms with van der Waals surface area (Å²) in [6.45, 7) is 0. The third-order valence-corrected chi connectivity index (χ3v) is 3.25. The first kappa shape index (κ1) is 15.1. The average Bonchev–Trinajstić information content (AvgIpc) is 2.51. The van der Waals surface area contributed by atoms with Crippen LogP contribution in [-0.2, 0) is 0 Å². The van der Waals surface area contributed by atoms with Crippen molar-refractivity contribution in [3.63, 3.8) is 0 Å². The number of halogens is 5. The molecule has 0 aromatic heterocycles. The van der Waals surface area contributed by atoms with Crippen molar-refractivity contribution in [3.05, 3.63) is 68.7 Å². The molecule has 0 aliphatic carbocycles. The average molecular weight is 354 g/mol. The highest BCUT2D eigenvalue weighted by molar-refractivity contribution is 9.10. The maximum Gasteiger partial charge on any atom is 0.178 e. The van der Waals surface area contributed by atoms with Crippen LogP contribution in [0, 0.1) is 46.4 Å². The molecular formula is C15H4BrF4N. The molecule has 2 aromatic rings. The Balaban J connectivity index is 2.50. The van der Waals surface area contributed by atoms with Gasteiger partial charge in [0.2, 0.25) is 0 Å². The maximum atomic E-state index is 13.6. The molecule has 21 heavy (non-hydrogen) atoms. The molecule has 104 valence electrons. The van der Waals surface area contributed by atoms with E-state index in [4.69, 9.17) is 5.26 Å². The second-order valence-corrected chi connectivity index (χ2v) is 4.68. The first-order valence-corrected chi connectivity index (χ1v) is 6.28. The Hall–Kier alpha value is -2.31. The molecule has 0 N–H and O–H groups in total. The van der Waals surface area contributed by atoms with Crippen molar-refractivity contribution < 1.29 is 17.6 Å². The van der Waals surface area contributed by atoms with Crippen molar-refractivity contribution in [2.24, 2.45) is 0 Å². The van der Waals surface area contributed by atoms with Crippen molar-refractivity contribution in [3.8, 4) is 17.9 Å². The van der Waals surface area contributed by atoms with Crippen molar-refractivity contribution in [2.45, 2.75) is 0 Å². The van der Waals surface area contributed by atoms with E-state index >= 15 is 0 Å². The van der Waals surface area contributed by atoms with E-state index < -0.39 is 33.3 Å². The molecule has 0 unspecified atom stereocenters. The van der Waals surface area contributed by atoms with E-state index in [1.54, 1.807) is 0 Å². The Labute approximate surface area is 126 Å². The summed E-state index contributed by atoms with van der Waals surface area (Å²) in [6, 6.07) is 7.71. The standard InChI is InChI=1S/C15H4BrF4N/c16-11-14(19)12(17)10(13(18)15(11)20)6-5-8-1-3-9(7-21)4-2-8/h1-4H. The summed E-state index contributed by atoms with van der Waals surface area (Å²) >= 11 is 2.42. The lowest BCUT2D eigenvalue weighted by molar-refractivity contribution is 0.443. The van der Waals surface area contributed by atoms with Crippen LogP contribution in [0.3, 0.4) is 0 Å². The lowest BCUT2D eigenvalue weighted by Crippen LogP contribution is -2.01. The van der Waals surface area contributed by atoms with Gasteiger partial charge >= 0.3 is 0 Å². The Morgan fingerprint density at radius 1 is 0.762 bits per heavy atom. The highest BCUT2D eigenvalue weighted by Gasteiger charge is 2.22. The summed E-state index contributed by atoms with van der Waals surface area (Å²) < 4.78 is 52.9. The van der Waals surface area contributed by atoms with Crippen molar-refractivity contribution >= 4 is 15.9 Å². The first-order valence-electron chi connectivity index (χ1n) is 5.49. The van der Waals surface area contributed by atoms with E-state index in [2.05, 4.69) is 27.8 Å². The number of rotatable bonds is 0. The highest BCUT2D eigenvalue weighted by atomic mass is 79.9. The molecule has 0 atom stereocenters. The summed E-state index contributed by atoms with van der Waals surface area (Å²) in [5.74, 6) is -1.78. The molecule has 0 radical (unpaired) electrons. The molecule has 0 heterocycles. The maximum absolute atomic E-state index is 13.6. The minimum absolute atomic E-state index is 0.344. The fourth-order valence-corrected chi connectivity index (χ4v) is 1.83. The summed E-state index contributed by atoms with van der Waals surface area (Å²) in [5, 5.41) is 8.62. The lowest BCUT2D eigenvalue weighted by atomic mass is 10.1. The van der Waals surface area contributed by atoms with Crippen molar-refractivity contribution in [1.82, 2.24) is 0 Å². The molecule has 0 amide bonds. The SMILES string of the molecule is N#Cc1ccc(C#Cc2c(F)c(F)c(Br)c(F)c2F)cc1. The van der Waals surface area contributed by atoms with Gasteiger partial charge in [-0.25, -0.2) is 17.6 Å². The minimum Gasteiger partial charge on any atom is -0.202 e. The third-order valence-electron chi connectivity index (χ3n) is 2.56. The third kappa shape index (κ3) is 2.91. The molecule has 6 heteroatoms. The summed E-state index contributed by atoms with van der Waals surface area (Å²) in [6.07, 6.45) is 0. The molecule has 0 fully saturated rings. The summed E-state index contributed by atoms with van der Waals surface area (Å²) in [4.78, 5) is 0. The van der Waals surface area contributed by atoms with Gasteiger partial charge in [-0.15, -0.1) is 0 Å². The quantitative estimate of drug-likeness (QED) is 0.300. The second kappa shape index (κ2) is 5.99. The number of hydrogen-bond donors (Lipinski definition) is 0. The number of nitriles is 1. The van der Waals surface area contributed by atoms with Gasteiger partial charge in [0.05, 0.1) is 16.1 Å². The molecule has 0 aliphatic heterocycles. The van der Waals surface area contributed by atoms with Gasteiger partial charge in [0.1, 0.15) is 5.56 Å². The number of benzene rings is 2. The van der Waals surface area contributed by atoms with Gasteiger partial charge < -0.3 is 0 Å². The fourth-order valence-electron chi connectivity index (χ4n) is 1.48. The number of nitrogens with zero attached hydrogens (tertiary/aromatic N) is 1. The van der Waals surface area contributed by atoms with E-state index in [0.29, 0.717) is 11.1 Å². The van der Waals surface area contributed by atoms with Crippen LogP contribution in [0.1, 0.15) is 16.7 Å². The molecular weight excluding hydrogens is 350 g/mol. The zero-order valence-electron chi connectivity index (χ0n) is 10.1. The van der Waals surface area contributed by atoms with E-state index in [1.807, 2.05) is 6.07 Å². The van der Waals surface area contributed by atoms with Crippen LogP contribution in [0.15, 0.2) is 28.7 Å². The highest BCUT2D eigenvalue weighted by Crippen LogP contribution is 2.27. The van der Waals surface area contributed by atoms with Gasteiger partial charge in [-0.1, -0.05) is 11.8 Å². The van der Waals surface area contributed by atoms with Crippen LogP contribution in [0.5, 0.6) is 0 Å². The van der Waals surface area contributed by atoms with Gasteiger partial charge in [0, 0.05) is 5.56 Å². The first-order chi connectivity index (χ1) is 9.95. The molecule has 0 spiro atoms. The summed E-state index contributed by atoms with van der Waals surface area (Å²) in [5.41, 5.74) is -0.257. The predicted molar refractivity (Wildman–Crippen MR) is 71.1 cm³/mol. The van der Waals surface area contributed by atoms with Gasteiger partial charge in [-0.3, -0.25) is 0 Å². The molecule has 2 rings (SSSR count). The van der Waals surface area contributed by atoms with E-state index in [-0.39, 0.29) is 0 Å². The van der Waals surface area contributed by atoms with E-state index in [0.717, 1.165) is 0 Å². The van der Waals surface area contributed by atoms with Gasteiger partial charge in [0.15, 0.2) is 23.3 Å². The minimum atomic E-state index is -1.57. The molecule has 2 aromatic carbocycles. The second-order valence-electron chi connectivity index (χ2n) is 3.88. The Morgan fingerprint density at radius 3 is 1.71 bits per heavy atom. The lowest BCUT2D eigenvalue weighted by Gasteiger charge is -2.03. The van der Waals surface area contributed by atoms with E-state index in [9.17, 15) is 17.6 Å². The molecule has 0 bridgehead atoms. The molecule has 0 saturated carbocycles. The zero-order chi connectivity index (χ0) is 15.6.